The van der Waals surface area contributed by atoms with Gasteiger partial charge in [-0.1, -0.05) is 38.1 Å². The van der Waals surface area contributed by atoms with E-state index in [9.17, 15) is 0 Å². The number of anilines is 1. The van der Waals surface area contributed by atoms with E-state index < -0.39 is 0 Å². The molecule has 2 aromatic rings. The molecule has 2 N–H and O–H groups in total. The molecule has 0 aliphatic heterocycles. The lowest BCUT2D eigenvalue weighted by atomic mass is 10.00. The molecule has 0 saturated carbocycles. The van der Waals surface area contributed by atoms with E-state index in [-0.39, 0.29) is 5.92 Å². The van der Waals surface area contributed by atoms with Gasteiger partial charge in [0.05, 0.1) is 10.2 Å². The molecule has 1 aromatic heterocycles. The molecule has 3 nitrogen and oxygen atoms in total. The van der Waals surface area contributed by atoms with Crippen molar-refractivity contribution in [3.63, 3.8) is 0 Å². The third-order valence-electron chi connectivity index (χ3n) is 3.91. The number of rotatable bonds is 2. The van der Waals surface area contributed by atoms with Crippen LogP contribution in [0.2, 0.25) is 0 Å². The molecular weight excluding hydrogens is 314 g/mol. The van der Waals surface area contributed by atoms with Gasteiger partial charge in [-0.3, -0.25) is 0 Å². The molecule has 3 rings (SSSR count). The van der Waals surface area contributed by atoms with E-state index in [4.69, 9.17) is 10.7 Å². The minimum atomic E-state index is 0.277. The molecule has 1 aromatic carbocycles. The van der Waals surface area contributed by atoms with Crippen molar-refractivity contribution in [3.8, 4) is 0 Å². The number of fused-ring (bicyclic) bond motifs is 1. The number of hydrogen-bond acceptors (Lipinski definition) is 3. The zero-order valence-corrected chi connectivity index (χ0v) is 13.3. The van der Waals surface area contributed by atoms with Crippen LogP contribution >= 0.6 is 15.9 Å². The van der Waals surface area contributed by atoms with Crippen molar-refractivity contribution in [1.29, 1.82) is 0 Å². The third-order valence-corrected chi connectivity index (χ3v) is 4.72. The van der Waals surface area contributed by atoms with Gasteiger partial charge < -0.3 is 5.73 Å². The van der Waals surface area contributed by atoms with E-state index in [1.807, 2.05) is 0 Å². The van der Waals surface area contributed by atoms with Gasteiger partial charge in [-0.15, -0.1) is 0 Å². The fourth-order valence-corrected chi connectivity index (χ4v) is 3.50. The first-order valence-electron chi connectivity index (χ1n) is 6.98. The Labute approximate surface area is 127 Å². The molecule has 0 radical (unpaired) electrons. The van der Waals surface area contributed by atoms with Gasteiger partial charge in [-0.25, -0.2) is 9.97 Å². The van der Waals surface area contributed by atoms with Crippen LogP contribution in [0.5, 0.6) is 0 Å². The minimum absolute atomic E-state index is 0.277. The van der Waals surface area contributed by atoms with Gasteiger partial charge in [0.15, 0.2) is 0 Å². The Morgan fingerprint density at radius 1 is 1.25 bits per heavy atom. The summed E-state index contributed by atoms with van der Waals surface area (Å²) in [5.74, 6) is 2.01. The molecule has 0 spiro atoms. The van der Waals surface area contributed by atoms with E-state index in [0.29, 0.717) is 11.7 Å². The lowest BCUT2D eigenvalue weighted by Crippen LogP contribution is -2.10. The van der Waals surface area contributed by atoms with Crippen LogP contribution in [0.3, 0.4) is 0 Å². The van der Waals surface area contributed by atoms with Crippen molar-refractivity contribution in [2.24, 2.45) is 0 Å². The van der Waals surface area contributed by atoms with Gasteiger partial charge in [0.2, 0.25) is 0 Å². The van der Waals surface area contributed by atoms with Crippen LogP contribution in [0, 0.1) is 0 Å². The Hall–Kier alpha value is -1.42. The Morgan fingerprint density at radius 3 is 2.75 bits per heavy atom. The van der Waals surface area contributed by atoms with E-state index in [0.717, 1.165) is 28.8 Å². The molecule has 1 unspecified atom stereocenters. The molecule has 20 heavy (non-hydrogen) atoms. The van der Waals surface area contributed by atoms with E-state index >= 15 is 0 Å². The van der Waals surface area contributed by atoms with Crippen molar-refractivity contribution in [2.45, 2.75) is 38.5 Å². The second-order valence-corrected chi connectivity index (χ2v) is 6.40. The zero-order valence-electron chi connectivity index (χ0n) is 11.7. The van der Waals surface area contributed by atoms with Gasteiger partial charge in [-0.05, 0) is 45.8 Å². The first kappa shape index (κ1) is 13.6. The first-order valence-corrected chi connectivity index (χ1v) is 7.77. The van der Waals surface area contributed by atoms with E-state index in [1.165, 1.54) is 11.1 Å². The Balaban J connectivity index is 2.08. The van der Waals surface area contributed by atoms with Crippen molar-refractivity contribution in [1.82, 2.24) is 9.97 Å². The number of aryl methyl sites for hydroxylation is 1. The van der Waals surface area contributed by atoms with Crippen molar-refractivity contribution < 1.29 is 0 Å². The molecule has 0 bridgehead atoms. The summed E-state index contributed by atoms with van der Waals surface area (Å²) >= 11 is 3.51. The lowest BCUT2D eigenvalue weighted by Gasteiger charge is -2.15. The normalized spacial score (nSPS) is 17.5. The molecule has 1 aliphatic carbocycles. The molecule has 0 saturated heterocycles. The summed E-state index contributed by atoms with van der Waals surface area (Å²) in [7, 11) is 0. The first-order chi connectivity index (χ1) is 9.58. The van der Waals surface area contributed by atoms with Gasteiger partial charge in [0, 0.05) is 5.92 Å². The fraction of sp³-hybridized carbons (Fsp3) is 0.375. The maximum Gasteiger partial charge on any atom is 0.141 e. The zero-order chi connectivity index (χ0) is 14.3. The van der Waals surface area contributed by atoms with Gasteiger partial charge in [0.25, 0.3) is 0 Å². The summed E-state index contributed by atoms with van der Waals surface area (Å²) in [6.45, 7) is 4.25. The number of aromatic nitrogens is 2. The van der Waals surface area contributed by atoms with Gasteiger partial charge in [-0.2, -0.15) is 0 Å². The average Bonchev–Trinajstić information content (AvgIpc) is 2.85. The topological polar surface area (TPSA) is 51.8 Å². The third kappa shape index (κ3) is 2.22. The average molecular weight is 332 g/mol. The molecule has 1 aliphatic rings. The molecule has 0 amide bonds. The number of nitrogens with zero attached hydrogens (tertiary/aromatic N) is 2. The van der Waals surface area contributed by atoms with Crippen molar-refractivity contribution in [2.75, 3.05) is 5.73 Å². The number of hydrogen-bond donors (Lipinski definition) is 1. The highest BCUT2D eigenvalue weighted by molar-refractivity contribution is 9.10. The molecule has 1 atom stereocenters. The van der Waals surface area contributed by atoms with Crippen LogP contribution in [-0.4, -0.2) is 9.97 Å². The van der Waals surface area contributed by atoms with Crippen molar-refractivity contribution >= 4 is 21.7 Å². The predicted octanol–water partition coefficient (Wildman–Crippen LogP) is 4.02. The number of nitrogens with two attached hydrogens (primary N) is 1. The second kappa shape index (κ2) is 5.17. The minimum Gasteiger partial charge on any atom is -0.383 e. The Kier molecular flexibility index (Phi) is 3.50. The Morgan fingerprint density at radius 2 is 2.00 bits per heavy atom. The second-order valence-electron chi connectivity index (χ2n) is 5.61. The summed E-state index contributed by atoms with van der Waals surface area (Å²) in [6, 6.07) is 8.56. The van der Waals surface area contributed by atoms with Crippen LogP contribution < -0.4 is 5.73 Å². The summed E-state index contributed by atoms with van der Waals surface area (Å²) in [5, 5.41) is 0. The van der Waals surface area contributed by atoms with Gasteiger partial charge in [0.1, 0.15) is 11.6 Å². The van der Waals surface area contributed by atoms with Crippen LogP contribution in [0.1, 0.15) is 54.7 Å². The summed E-state index contributed by atoms with van der Waals surface area (Å²) in [4.78, 5) is 9.29. The quantitative estimate of drug-likeness (QED) is 0.904. The highest BCUT2D eigenvalue weighted by Gasteiger charge is 2.27. The largest absolute Gasteiger partial charge is 0.383 e. The molecule has 0 fully saturated rings. The molecule has 1 heterocycles. The molecular formula is C16H18BrN3. The Bertz CT molecular complexity index is 652. The lowest BCUT2D eigenvalue weighted by molar-refractivity contribution is 0.702. The number of nitrogen functional groups attached to an aromatic ring is 1. The molecule has 4 heteroatoms. The van der Waals surface area contributed by atoms with E-state index in [2.05, 4.69) is 59.0 Å². The summed E-state index contributed by atoms with van der Waals surface area (Å²) < 4.78 is 0.836. The highest BCUT2D eigenvalue weighted by Crippen LogP contribution is 2.38. The summed E-state index contributed by atoms with van der Waals surface area (Å²) in [5.41, 5.74) is 9.81. The monoisotopic (exact) mass is 331 g/mol. The maximum atomic E-state index is 6.05. The number of benzene rings is 1. The van der Waals surface area contributed by atoms with Crippen LogP contribution in [0.25, 0.3) is 0 Å². The maximum absolute atomic E-state index is 6.05. The predicted molar refractivity (Wildman–Crippen MR) is 84.8 cm³/mol. The van der Waals surface area contributed by atoms with Crippen molar-refractivity contribution in [3.05, 3.63) is 51.4 Å². The van der Waals surface area contributed by atoms with E-state index in [1.54, 1.807) is 0 Å². The smallest absolute Gasteiger partial charge is 0.141 e. The number of halogens is 1. The van der Waals surface area contributed by atoms with Gasteiger partial charge >= 0.3 is 0 Å². The van der Waals surface area contributed by atoms with Crippen LogP contribution in [-0.2, 0) is 6.42 Å². The summed E-state index contributed by atoms with van der Waals surface area (Å²) in [6.07, 6.45) is 2.16. The fourth-order valence-electron chi connectivity index (χ4n) is 2.86. The standard InChI is InChI=1S/C16H18BrN3/c1-9(2)14-13(17)15(18)20-16(19-14)12-8-7-10-5-3-4-6-11(10)12/h3-6,9,12H,7-8H2,1-2H3,(H2,18,19,20). The molecule has 104 valence electrons. The van der Waals surface area contributed by atoms with Crippen LogP contribution in [0.4, 0.5) is 5.82 Å². The highest BCUT2D eigenvalue weighted by atomic mass is 79.9. The van der Waals surface area contributed by atoms with Crippen LogP contribution in [0.15, 0.2) is 28.7 Å². The SMILES string of the molecule is CC(C)c1nc(C2CCc3ccccc32)nc(N)c1Br.